The first-order chi connectivity index (χ1) is 15.5. The molecule has 8 nitrogen and oxygen atoms in total. The fourth-order valence-electron chi connectivity index (χ4n) is 4.09. The predicted octanol–water partition coefficient (Wildman–Crippen LogP) is 2.32. The Kier molecular flexibility index (Phi) is 5.08. The number of rotatable bonds is 4. The van der Waals surface area contributed by atoms with Crippen LogP contribution in [0, 0.1) is 12.7 Å². The van der Waals surface area contributed by atoms with Crippen LogP contribution >= 0.6 is 0 Å². The van der Waals surface area contributed by atoms with Gasteiger partial charge in [-0.3, -0.25) is 9.36 Å². The summed E-state index contributed by atoms with van der Waals surface area (Å²) >= 11 is 0. The highest BCUT2D eigenvalue weighted by molar-refractivity contribution is 5.93. The van der Waals surface area contributed by atoms with Gasteiger partial charge in [-0.25, -0.2) is 18.9 Å². The minimum Gasteiger partial charge on any atom is -0.348 e. The summed E-state index contributed by atoms with van der Waals surface area (Å²) in [4.78, 5) is 30.0. The van der Waals surface area contributed by atoms with E-state index < -0.39 is 0 Å². The molecule has 164 valence electrons. The van der Waals surface area contributed by atoms with Crippen LogP contribution < -0.4 is 11.0 Å². The van der Waals surface area contributed by atoms with E-state index in [9.17, 15) is 14.0 Å². The summed E-state index contributed by atoms with van der Waals surface area (Å²) in [5.41, 5.74) is 2.82. The highest BCUT2D eigenvalue weighted by Crippen LogP contribution is 2.14. The standard InChI is InChI=1S/C23H23FN6O2/c1-15-8-10-28-14-19(26-21(28)12-15)22(31)25-18-6-7-20-27-30(23(32)29(20)11-9-18)13-16-2-4-17(24)5-3-16/h2-5,8,10,12,14,18H,6-7,9,11,13H2,1H3,(H,25,31). The third kappa shape index (κ3) is 3.93. The second-order valence-electron chi connectivity index (χ2n) is 8.23. The third-order valence-electron chi connectivity index (χ3n) is 5.85. The molecule has 1 aromatic carbocycles. The van der Waals surface area contributed by atoms with E-state index in [-0.39, 0.29) is 23.5 Å². The van der Waals surface area contributed by atoms with Crippen molar-refractivity contribution in [1.29, 1.82) is 0 Å². The Morgan fingerprint density at radius 1 is 1.22 bits per heavy atom. The smallest absolute Gasteiger partial charge is 0.346 e. The molecule has 32 heavy (non-hydrogen) atoms. The summed E-state index contributed by atoms with van der Waals surface area (Å²) in [7, 11) is 0. The number of halogens is 1. The lowest BCUT2D eigenvalue weighted by Crippen LogP contribution is -2.36. The molecular weight excluding hydrogens is 411 g/mol. The van der Waals surface area contributed by atoms with Gasteiger partial charge in [0, 0.05) is 31.4 Å². The molecule has 1 unspecified atom stereocenters. The van der Waals surface area contributed by atoms with E-state index in [4.69, 9.17) is 0 Å². The number of aryl methyl sites for hydroxylation is 2. The van der Waals surface area contributed by atoms with Gasteiger partial charge in [0.25, 0.3) is 5.91 Å². The number of amides is 1. The Bertz CT molecular complexity index is 1350. The minimum absolute atomic E-state index is 0.0688. The maximum Gasteiger partial charge on any atom is 0.346 e. The van der Waals surface area contributed by atoms with Gasteiger partial charge in [0.15, 0.2) is 0 Å². The molecule has 0 saturated carbocycles. The van der Waals surface area contributed by atoms with E-state index in [0.717, 1.165) is 16.8 Å². The minimum atomic E-state index is -0.312. The molecule has 9 heteroatoms. The summed E-state index contributed by atoms with van der Waals surface area (Å²) < 4.78 is 18.0. The van der Waals surface area contributed by atoms with Crippen LogP contribution in [0.4, 0.5) is 4.39 Å². The number of benzene rings is 1. The fourth-order valence-corrected chi connectivity index (χ4v) is 4.09. The van der Waals surface area contributed by atoms with E-state index >= 15 is 0 Å². The Balaban J connectivity index is 1.26. The number of pyridine rings is 1. The molecule has 1 aliphatic heterocycles. The first kappa shape index (κ1) is 20.2. The lowest BCUT2D eigenvalue weighted by Gasteiger charge is -2.15. The molecule has 1 amide bonds. The Hall–Kier alpha value is -3.75. The van der Waals surface area contributed by atoms with E-state index in [2.05, 4.69) is 15.4 Å². The molecule has 1 atom stereocenters. The molecule has 0 fully saturated rings. The van der Waals surface area contributed by atoms with Crippen molar-refractivity contribution in [3.63, 3.8) is 0 Å². The Morgan fingerprint density at radius 2 is 2.03 bits per heavy atom. The number of nitrogens with one attached hydrogen (secondary N) is 1. The fraction of sp³-hybridized carbons (Fsp3) is 0.304. The summed E-state index contributed by atoms with van der Waals surface area (Å²) in [6.45, 7) is 2.76. The largest absolute Gasteiger partial charge is 0.348 e. The van der Waals surface area contributed by atoms with E-state index in [1.54, 1.807) is 22.9 Å². The number of imidazole rings is 1. The molecule has 5 rings (SSSR count). The van der Waals surface area contributed by atoms with Crippen molar-refractivity contribution < 1.29 is 9.18 Å². The summed E-state index contributed by atoms with van der Waals surface area (Å²) in [6, 6.07) is 9.87. The average molecular weight is 434 g/mol. The Labute approximate surface area is 183 Å². The van der Waals surface area contributed by atoms with Crippen LogP contribution in [0.3, 0.4) is 0 Å². The van der Waals surface area contributed by atoms with Crippen molar-refractivity contribution >= 4 is 11.6 Å². The van der Waals surface area contributed by atoms with E-state index in [1.807, 2.05) is 29.7 Å². The molecule has 0 radical (unpaired) electrons. The van der Waals surface area contributed by atoms with Crippen LogP contribution in [0.5, 0.6) is 0 Å². The quantitative estimate of drug-likeness (QED) is 0.534. The van der Waals surface area contributed by atoms with Gasteiger partial charge in [0.1, 0.15) is 23.0 Å². The number of aromatic nitrogens is 5. The molecular formula is C23H23FN6O2. The predicted molar refractivity (Wildman–Crippen MR) is 116 cm³/mol. The number of nitrogens with zero attached hydrogens (tertiary/aromatic N) is 5. The van der Waals surface area contributed by atoms with Gasteiger partial charge in [-0.2, -0.15) is 5.10 Å². The molecule has 0 bridgehead atoms. The topological polar surface area (TPSA) is 86.2 Å². The molecule has 1 aliphatic rings. The maximum absolute atomic E-state index is 13.1. The zero-order valence-corrected chi connectivity index (χ0v) is 17.7. The average Bonchev–Trinajstić information content (AvgIpc) is 3.25. The van der Waals surface area contributed by atoms with Gasteiger partial charge >= 0.3 is 5.69 Å². The molecule has 0 spiro atoms. The van der Waals surface area contributed by atoms with Gasteiger partial charge in [0.05, 0.1) is 6.54 Å². The van der Waals surface area contributed by atoms with Crippen molar-refractivity contribution in [2.75, 3.05) is 0 Å². The van der Waals surface area contributed by atoms with Gasteiger partial charge in [0.2, 0.25) is 0 Å². The molecule has 0 saturated heterocycles. The highest BCUT2D eigenvalue weighted by atomic mass is 19.1. The molecule has 3 aromatic heterocycles. The zero-order chi connectivity index (χ0) is 22.2. The molecule has 4 heterocycles. The molecule has 0 aliphatic carbocycles. The van der Waals surface area contributed by atoms with Crippen LogP contribution in [0.25, 0.3) is 5.65 Å². The van der Waals surface area contributed by atoms with Crippen LogP contribution in [-0.2, 0) is 19.5 Å². The SMILES string of the molecule is Cc1ccn2cc(C(=O)NC3CCc4nn(Cc5ccc(F)cc5)c(=O)n4CC3)nc2c1. The monoisotopic (exact) mass is 434 g/mol. The van der Waals surface area contributed by atoms with Gasteiger partial charge in [-0.05, 0) is 55.2 Å². The second kappa shape index (κ2) is 8.07. The van der Waals surface area contributed by atoms with E-state index in [1.165, 1.54) is 16.8 Å². The van der Waals surface area contributed by atoms with Gasteiger partial charge < -0.3 is 9.72 Å². The number of carbonyl (C=O) groups is 1. The second-order valence-corrected chi connectivity index (χ2v) is 8.23. The van der Waals surface area contributed by atoms with Crippen molar-refractivity contribution in [3.05, 3.63) is 87.7 Å². The van der Waals surface area contributed by atoms with Gasteiger partial charge in [-0.15, -0.1) is 0 Å². The first-order valence-corrected chi connectivity index (χ1v) is 10.6. The van der Waals surface area contributed by atoms with Crippen LogP contribution in [0.15, 0.2) is 53.6 Å². The van der Waals surface area contributed by atoms with Crippen LogP contribution in [0.1, 0.15) is 40.3 Å². The van der Waals surface area contributed by atoms with Gasteiger partial charge in [-0.1, -0.05) is 12.1 Å². The Morgan fingerprint density at radius 3 is 2.84 bits per heavy atom. The summed E-state index contributed by atoms with van der Waals surface area (Å²) in [6.07, 6.45) is 5.51. The van der Waals surface area contributed by atoms with Crippen LogP contribution in [-0.4, -0.2) is 35.7 Å². The molecule has 1 N–H and O–H groups in total. The normalized spacial score (nSPS) is 16.0. The van der Waals surface area contributed by atoms with Crippen molar-refractivity contribution in [3.8, 4) is 0 Å². The van der Waals surface area contributed by atoms with Crippen molar-refractivity contribution in [2.24, 2.45) is 0 Å². The number of hydrogen-bond acceptors (Lipinski definition) is 4. The maximum atomic E-state index is 13.1. The summed E-state index contributed by atoms with van der Waals surface area (Å²) in [5, 5.41) is 7.54. The van der Waals surface area contributed by atoms with Crippen LogP contribution in [0.2, 0.25) is 0 Å². The van der Waals surface area contributed by atoms with Crippen molar-refractivity contribution in [2.45, 2.75) is 45.3 Å². The molecule has 4 aromatic rings. The lowest BCUT2D eigenvalue weighted by molar-refractivity contribution is 0.0928. The van der Waals surface area contributed by atoms with E-state index in [0.29, 0.717) is 43.9 Å². The number of carbonyl (C=O) groups excluding carboxylic acids is 1. The highest BCUT2D eigenvalue weighted by Gasteiger charge is 2.23. The first-order valence-electron chi connectivity index (χ1n) is 10.6. The van der Waals surface area contributed by atoms with Crippen molar-refractivity contribution in [1.82, 2.24) is 29.0 Å². The summed E-state index contributed by atoms with van der Waals surface area (Å²) in [5.74, 6) is 0.176. The number of hydrogen-bond donors (Lipinski definition) is 1. The third-order valence-corrected chi connectivity index (χ3v) is 5.85. The zero-order valence-electron chi connectivity index (χ0n) is 17.7. The lowest BCUT2D eigenvalue weighted by atomic mass is 10.1. The number of fused-ring (bicyclic) bond motifs is 2.